The molecule has 0 aliphatic carbocycles. The lowest BCUT2D eigenvalue weighted by Gasteiger charge is -2.13. The lowest BCUT2D eigenvalue weighted by atomic mass is 10.1. The van der Waals surface area contributed by atoms with Gasteiger partial charge in [-0.3, -0.25) is 4.90 Å². The van der Waals surface area contributed by atoms with Crippen LogP contribution in [-0.2, 0) is 12.1 Å². The van der Waals surface area contributed by atoms with E-state index < -0.39 is 5.54 Å². The second-order valence-electron chi connectivity index (χ2n) is 5.53. The van der Waals surface area contributed by atoms with Gasteiger partial charge in [0.05, 0.1) is 12.1 Å². The summed E-state index contributed by atoms with van der Waals surface area (Å²) in [6, 6.07) is 0. The van der Waals surface area contributed by atoms with Crippen LogP contribution in [0.15, 0.2) is 4.52 Å². The Morgan fingerprint density at radius 3 is 2.72 bits per heavy atom. The molecule has 0 spiro atoms. The van der Waals surface area contributed by atoms with Crippen molar-refractivity contribution in [2.75, 3.05) is 13.1 Å². The van der Waals surface area contributed by atoms with Crippen LogP contribution in [0.4, 0.5) is 0 Å². The van der Waals surface area contributed by atoms with E-state index >= 15 is 0 Å². The summed E-state index contributed by atoms with van der Waals surface area (Å²) >= 11 is 0. The Bertz CT molecular complexity index is 374. The van der Waals surface area contributed by atoms with Crippen LogP contribution >= 0.6 is 12.4 Å². The van der Waals surface area contributed by atoms with Crippen molar-refractivity contribution >= 4 is 12.4 Å². The molecular formula is C12H23ClN4O. The van der Waals surface area contributed by atoms with Gasteiger partial charge in [-0.15, -0.1) is 12.4 Å². The molecule has 18 heavy (non-hydrogen) atoms. The second kappa shape index (κ2) is 5.99. The molecule has 5 nitrogen and oxygen atoms in total. The van der Waals surface area contributed by atoms with E-state index in [0.717, 1.165) is 25.6 Å². The third-order valence-electron chi connectivity index (χ3n) is 3.35. The number of nitrogens with two attached hydrogens (primary N) is 1. The van der Waals surface area contributed by atoms with Crippen LogP contribution in [-0.4, -0.2) is 28.1 Å². The first kappa shape index (κ1) is 15.4. The van der Waals surface area contributed by atoms with E-state index in [-0.39, 0.29) is 12.4 Å². The Morgan fingerprint density at radius 1 is 1.50 bits per heavy atom. The molecule has 1 aromatic rings. The summed E-state index contributed by atoms with van der Waals surface area (Å²) in [5, 5.41) is 3.93. The topological polar surface area (TPSA) is 68.2 Å². The fourth-order valence-corrected chi connectivity index (χ4v) is 2.16. The van der Waals surface area contributed by atoms with Crippen molar-refractivity contribution in [3.8, 4) is 0 Å². The van der Waals surface area contributed by atoms with Gasteiger partial charge >= 0.3 is 0 Å². The number of likely N-dealkylation sites (tertiary alicyclic amines) is 1. The molecule has 6 heteroatoms. The number of aromatic nitrogens is 2. The summed E-state index contributed by atoms with van der Waals surface area (Å²) in [7, 11) is 0. The highest BCUT2D eigenvalue weighted by Gasteiger charge is 2.25. The molecule has 0 bridgehead atoms. The SMILES string of the molecule is CCC1CCN(Cc2nc(C(C)(C)N)no2)C1.Cl. The maximum atomic E-state index is 5.92. The van der Waals surface area contributed by atoms with Crippen molar-refractivity contribution in [2.24, 2.45) is 11.7 Å². The minimum atomic E-state index is -0.529. The molecule has 2 heterocycles. The Labute approximate surface area is 115 Å². The smallest absolute Gasteiger partial charge is 0.240 e. The van der Waals surface area contributed by atoms with E-state index in [9.17, 15) is 0 Å². The van der Waals surface area contributed by atoms with Crippen LogP contribution in [0.25, 0.3) is 0 Å². The van der Waals surface area contributed by atoms with Gasteiger partial charge < -0.3 is 10.3 Å². The van der Waals surface area contributed by atoms with E-state index in [4.69, 9.17) is 10.3 Å². The Kier molecular flexibility index (Phi) is 5.13. The quantitative estimate of drug-likeness (QED) is 0.908. The molecule has 2 rings (SSSR count). The maximum Gasteiger partial charge on any atom is 0.240 e. The third kappa shape index (κ3) is 3.67. The molecule has 1 atom stereocenters. The summed E-state index contributed by atoms with van der Waals surface area (Å²) in [5.74, 6) is 2.08. The first-order chi connectivity index (χ1) is 7.99. The number of halogens is 1. The second-order valence-corrected chi connectivity index (χ2v) is 5.53. The Balaban J connectivity index is 0.00000162. The van der Waals surface area contributed by atoms with Gasteiger partial charge in [0.2, 0.25) is 5.89 Å². The summed E-state index contributed by atoms with van der Waals surface area (Å²) in [6.45, 7) is 9.02. The Morgan fingerprint density at radius 2 is 2.22 bits per heavy atom. The first-order valence-corrected chi connectivity index (χ1v) is 6.33. The molecule has 1 fully saturated rings. The summed E-state index contributed by atoms with van der Waals surface area (Å²) < 4.78 is 5.24. The van der Waals surface area contributed by atoms with Crippen LogP contribution in [0.5, 0.6) is 0 Å². The standard InChI is InChI=1S/C12H22N4O.ClH/c1-4-9-5-6-16(7-9)8-10-14-11(15-17-10)12(2,3)13;/h9H,4-8,13H2,1-3H3;1H. The molecule has 2 N–H and O–H groups in total. The minimum Gasteiger partial charge on any atom is -0.338 e. The van der Waals surface area contributed by atoms with Crippen LogP contribution in [0.1, 0.15) is 45.3 Å². The van der Waals surface area contributed by atoms with E-state index in [1.165, 1.54) is 12.8 Å². The highest BCUT2D eigenvalue weighted by atomic mass is 35.5. The van der Waals surface area contributed by atoms with E-state index in [0.29, 0.717) is 11.7 Å². The van der Waals surface area contributed by atoms with Gasteiger partial charge in [0.15, 0.2) is 5.82 Å². The molecule has 1 aliphatic heterocycles. The zero-order valence-corrected chi connectivity index (χ0v) is 12.2. The normalized spacial score (nSPS) is 21.0. The number of rotatable bonds is 4. The molecule has 1 aliphatic rings. The van der Waals surface area contributed by atoms with Crippen LogP contribution in [0.2, 0.25) is 0 Å². The average Bonchev–Trinajstić information content (AvgIpc) is 2.86. The third-order valence-corrected chi connectivity index (χ3v) is 3.35. The van der Waals surface area contributed by atoms with Crippen molar-refractivity contribution in [2.45, 2.75) is 45.7 Å². The minimum absolute atomic E-state index is 0. The monoisotopic (exact) mass is 274 g/mol. The maximum absolute atomic E-state index is 5.92. The highest BCUT2D eigenvalue weighted by Crippen LogP contribution is 2.21. The highest BCUT2D eigenvalue weighted by molar-refractivity contribution is 5.85. The summed E-state index contributed by atoms with van der Waals surface area (Å²) in [5.41, 5.74) is 5.39. The molecule has 1 unspecified atom stereocenters. The molecule has 0 saturated carbocycles. The van der Waals surface area contributed by atoms with Crippen LogP contribution < -0.4 is 5.73 Å². The van der Waals surface area contributed by atoms with Gasteiger partial charge in [0.1, 0.15) is 0 Å². The average molecular weight is 275 g/mol. The molecule has 0 aromatic carbocycles. The largest absolute Gasteiger partial charge is 0.338 e. The van der Waals surface area contributed by atoms with Crippen molar-refractivity contribution in [1.82, 2.24) is 15.0 Å². The van der Waals surface area contributed by atoms with Crippen LogP contribution in [0.3, 0.4) is 0 Å². The number of nitrogens with zero attached hydrogens (tertiary/aromatic N) is 3. The van der Waals surface area contributed by atoms with Gasteiger partial charge in [-0.2, -0.15) is 4.98 Å². The van der Waals surface area contributed by atoms with Gasteiger partial charge in [0.25, 0.3) is 0 Å². The molecule has 104 valence electrons. The predicted octanol–water partition coefficient (Wildman–Crippen LogP) is 1.92. The lowest BCUT2D eigenvalue weighted by molar-refractivity contribution is 0.258. The molecular weight excluding hydrogens is 252 g/mol. The van der Waals surface area contributed by atoms with Gasteiger partial charge in [-0.05, 0) is 32.7 Å². The number of hydrogen-bond acceptors (Lipinski definition) is 5. The summed E-state index contributed by atoms with van der Waals surface area (Å²) in [6.07, 6.45) is 2.53. The summed E-state index contributed by atoms with van der Waals surface area (Å²) in [4.78, 5) is 6.72. The predicted molar refractivity (Wildman–Crippen MR) is 72.4 cm³/mol. The lowest BCUT2D eigenvalue weighted by Crippen LogP contribution is -2.30. The molecule has 0 radical (unpaired) electrons. The molecule has 1 aromatic heterocycles. The van der Waals surface area contributed by atoms with Gasteiger partial charge in [-0.1, -0.05) is 18.5 Å². The van der Waals surface area contributed by atoms with E-state index in [2.05, 4.69) is 22.0 Å². The van der Waals surface area contributed by atoms with E-state index in [1.54, 1.807) is 0 Å². The van der Waals surface area contributed by atoms with Crippen molar-refractivity contribution in [3.63, 3.8) is 0 Å². The van der Waals surface area contributed by atoms with Crippen molar-refractivity contribution < 1.29 is 4.52 Å². The first-order valence-electron chi connectivity index (χ1n) is 6.33. The Hall–Kier alpha value is -0.650. The zero-order chi connectivity index (χ0) is 12.5. The fraction of sp³-hybridized carbons (Fsp3) is 0.833. The van der Waals surface area contributed by atoms with Crippen molar-refractivity contribution in [1.29, 1.82) is 0 Å². The van der Waals surface area contributed by atoms with E-state index in [1.807, 2.05) is 13.8 Å². The fourth-order valence-electron chi connectivity index (χ4n) is 2.16. The zero-order valence-electron chi connectivity index (χ0n) is 11.3. The van der Waals surface area contributed by atoms with Gasteiger partial charge in [-0.25, -0.2) is 0 Å². The number of hydrogen-bond donors (Lipinski definition) is 1. The van der Waals surface area contributed by atoms with Crippen LogP contribution in [0, 0.1) is 5.92 Å². The molecule has 0 amide bonds. The molecule has 1 saturated heterocycles. The van der Waals surface area contributed by atoms with Crippen molar-refractivity contribution in [3.05, 3.63) is 11.7 Å². The van der Waals surface area contributed by atoms with Gasteiger partial charge in [0, 0.05) is 6.54 Å².